The molecule has 0 unspecified atom stereocenters. The minimum Gasteiger partial charge on any atom is -0.462 e. The molecule has 312 valence electrons. The lowest BCUT2D eigenvalue weighted by molar-refractivity contribution is -0.305. The highest BCUT2D eigenvalue weighted by Gasteiger charge is 2.44. The van der Waals surface area contributed by atoms with Crippen LogP contribution in [0.5, 0.6) is 0 Å². The molecule has 0 saturated carbocycles. The van der Waals surface area contributed by atoms with Crippen LogP contribution in [0.25, 0.3) is 0 Å². The normalized spacial score (nSPS) is 20.9. The molecule has 4 N–H and O–H groups in total. The number of ether oxygens (including phenoxy) is 4. The summed E-state index contributed by atoms with van der Waals surface area (Å²) in [6, 6.07) is 0. The topological polar surface area (TPSA) is 152 Å². The fourth-order valence-electron chi connectivity index (χ4n) is 6.65. The van der Waals surface area contributed by atoms with Gasteiger partial charge in [0.15, 0.2) is 12.4 Å². The van der Waals surface area contributed by atoms with Crippen molar-refractivity contribution in [1.82, 2.24) is 0 Å². The van der Waals surface area contributed by atoms with Crippen molar-refractivity contribution < 1.29 is 49.0 Å². The first-order valence-corrected chi connectivity index (χ1v) is 21.8. The highest BCUT2D eigenvalue weighted by Crippen LogP contribution is 2.23. The second-order valence-electron chi connectivity index (χ2n) is 15.2. The van der Waals surface area contributed by atoms with Gasteiger partial charge in [-0.15, -0.1) is 0 Å². The molecule has 0 amide bonds. The second-order valence-corrected chi connectivity index (χ2v) is 15.2. The molecule has 0 spiro atoms. The molecule has 0 aromatic rings. The van der Waals surface area contributed by atoms with Crippen LogP contribution >= 0.6 is 0 Å². The van der Waals surface area contributed by atoms with Crippen molar-refractivity contribution in [3.05, 3.63) is 12.2 Å². The summed E-state index contributed by atoms with van der Waals surface area (Å²) in [6.45, 7) is 3.41. The van der Waals surface area contributed by atoms with Crippen molar-refractivity contribution in [1.29, 1.82) is 0 Å². The van der Waals surface area contributed by atoms with E-state index in [0.717, 1.165) is 57.8 Å². The molecule has 10 heteroatoms. The number of aliphatic hydroxyl groups is 4. The van der Waals surface area contributed by atoms with Gasteiger partial charge in [-0.2, -0.15) is 0 Å². The minimum atomic E-state index is -1.59. The average Bonchev–Trinajstić information content (AvgIpc) is 3.15. The molecule has 1 fully saturated rings. The van der Waals surface area contributed by atoms with E-state index < -0.39 is 49.4 Å². The van der Waals surface area contributed by atoms with Gasteiger partial charge in [-0.1, -0.05) is 154 Å². The van der Waals surface area contributed by atoms with Gasteiger partial charge < -0.3 is 39.4 Å². The summed E-state index contributed by atoms with van der Waals surface area (Å²) >= 11 is 0. The van der Waals surface area contributed by atoms with Gasteiger partial charge in [0.2, 0.25) is 0 Å². The predicted octanol–water partition coefficient (Wildman–Crippen LogP) is 8.78. The van der Waals surface area contributed by atoms with Crippen molar-refractivity contribution >= 4 is 11.9 Å². The molecule has 0 aliphatic carbocycles. The van der Waals surface area contributed by atoms with E-state index in [1.807, 2.05) is 0 Å². The van der Waals surface area contributed by atoms with Crippen molar-refractivity contribution in [2.24, 2.45) is 0 Å². The van der Waals surface area contributed by atoms with Crippen molar-refractivity contribution in [2.75, 3.05) is 19.8 Å². The van der Waals surface area contributed by atoms with Gasteiger partial charge in [0.05, 0.1) is 13.2 Å². The zero-order chi connectivity index (χ0) is 38.8. The summed E-state index contributed by atoms with van der Waals surface area (Å²) < 4.78 is 22.1. The first-order chi connectivity index (χ1) is 25.8. The van der Waals surface area contributed by atoms with Gasteiger partial charge in [0.25, 0.3) is 0 Å². The Balaban J connectivity index is 2.34. The molecule has 0 aromatic carbocycles. The lowest BCUT2D eigenvalue weighted by Crippen LogP contribution is -2.59. The van der Waals surface area contributed by atoms with E-state index in [4.69, 9.17) is 18.9 Å². The molecule has 6 atom stereocenters. The third-order valence-electron chi connectivity index (χ3n) is 10.2. The first-order valence-electron chi connectivity index (χ1n) is 21.8. The van der Waals surface area contributed by atoms with Gasteiger partial charge in [0.1, 0.15) is 31.0 Å². The van der Waals surface area contributed by atoms with Crippen molar-refractivity contribution in [3.8, 4) is 0 Å². The molecule has 1 rings (SSSR count). The summed E-state index contributed by atoms with van der Waals surface area (Å²) in [5.41, 5.74) is 0. The van der Waals surface area contributed by atoms with Crippen LogP contribution < -0.4 is 0 Å². The minimum absolute atomic E-state index is 0.217. The van der Waals surface area contributed by atoms with Gasteiger partial charge >= 0.3 is 11.9 Å². The van der Waals surface area contributed by atoms with Gasteiger partial charge in [-0.3, -0.25) is 9.59 Å². The van der Waals surface area contributed by atoms with Crippen LogP contribution in [0.15, 0.2) is 12.2 Å². The molecule has 0 bridgehead atoms. The van der Waals surface area contributed by atoms with Crippen LogP contribution in [0.4, 0.5) is 0 Å². The third kappa shape index (κ3) is 26.8. The molecule has 1 aliphatic heterocycles. The highest BCUT2D eigenvalue weighted by molar-refractivity contribution is 5.70. The van der Waals surface area contributed by atoms with E-state index in [1.54, 1.807) is 0 Å². The summed E-state index contributed by atoms with van der Waals surface area (Å²) in [6.07, 6.45) is 27.9. The van der Waals surface area contributed by atoms with E-state index in [-0.39, 0.29) is 32.0 Å². The molecule has 10 nitrogen and oxygen atoms in total. The van der Waals surface area contributed by atoms with Crippen LogP contribution in [-0.4, -0.2) is 89.0 Å². The molecule has 1 saturated heterocycles. The second kappa shape index (κ2) is 34.9. The number of rotatable bonds is 36. The van der Waals surface area contributed by atoms with E-state index >= 15 is 0 Å². The van der Waals surface area contributed by atoms with Crippen LogP contribution in [0.1, 0.15) is 194 Å². The Bertz CT molecular complexity index is 881. The van der Waals surface area contributed by atoms with Gasteiger partial charge in [-0.25, -0.2) is 0 Å². The Kier molecular flexibility index (Phi) is 32.6. The largest absolute Gasteiger partial charge is 0.462 e. The fourth-order valence-corrected chi connectivity index (χ4v) is 6.65. The van der Waals surface area contributed by atoms with E-state index in [1.165, 1.54) is 103 Å². The van der Waals surface area contributed by atoms with Gasteiger partial charge in [-0.05, 0) is 38.5 Å². The third-order valence-corrected chi connectivity index (χ3v) is 10.2. The predicted molar refractivity (Wildman–Crippen MR) is 210 cm³/mol. The summed E-state index contributed by atoms with van der Waals surface area (Å²) in [5, 5.41) is 40.0. The van der Waals surface area contributed by atoms with Crippen LogP contribution in [0, 0.1) is 0 Å². The number of carbonyl (C=O) groups is 2. The lowest BCUT2D eigenvalue weighted by atomic mass is 9.99. The first kappa shape index (κ1) is 49.5. The Morgan fingerprint density at radius 3 is 1.47 bits per heavy atom. The molecule has 0 radical (unpaired) electrons. The number of allylic oxidation sites excluding steroid dienone is 2. The van der Waals surface area contributed by atoms with Crippen LogP contribution in [0.3, 0.4) is 0 Å². The Morgan fingerprint density at radius 1 is 0.566 bits per heavy atom. The number of unbranched alkanes of at least 4 members (excludes halogenated alkanes) is 23. The standard InChI is InChI=1S/C43H80O10/c1-3-5-7-9-11-13-15-17-18-20-21-23-25-27-29-31-38(45)50-34-36(35-51-43-42(49)41(48)40(47)37(33-44)53-43)52-39(46)32-30-28-26-24-22-19-16-14-12-10-8-6-4-2/h17-18,36-37,40-44,47-49H,3-16,19-35H2,1-2H3/b18-17-/t36-,37-,40-,41+,42-,43+/m1/s1. The van der Waals surface area contributed by atoms with Crippen LogP contribution in [0.2, 0.25) is 0 Å². The summed E-state index contributed by atoms with van der Waals surface area (Å²) in [4.78, 5) is 25.3. The van der Waals surface area contributed by atoms with Crippen molar-refractivity contribution in [2.45, 2.75) is 230 Å². The Labute approximate surface area is 322 Å². The monoisotopic (exact) mass is 757 g/mol. The average molecular weight is 757 g/mol. The quantitative estimate of drug-likeness (QED) is 0.0277. The molecule has 1 aliphatic rings. The van der Waals surface area contributed by atoms with E-state index in [0.29, 0.717) is 6.42 Å². The fraction of sp³-hybridized carbons (Fsp3) is 0.907. The van der Waals surface area contributed by atoms with Gasteiger partial charge in [0, 0.05) is 12.8 Å². The maximum Gasteiger partial charge on any atom is 0.306 e. The zero-order valence-electron chi connectivity index (χ0n) is 33.8. The SMILES string of the molecule is CCCCCCCC/C=C\CCCCCCCC(=O)OC[C@H](CO[C@H]1O[C@H](CO)[C@@H](O)[C@H](O)[C@H]1O)OC(=O)CCCCCCCCCCCCCCC. The van der Waals surface area contributed by atoms with Crippen molar-refractivity contribution in [3.63, 3.8) is 0 Å². The number of hydrogen-bond acceptors (Lipinski definition) is 10. The maximum atomic E-state index is 12.7. The smallest absolute Gasteiger partial charge is 0.306 e. The number of hydrogen-bond donors (Lipinski definition) is 4. The zero-order valence-corrected chi connectivity index (χ0v) is 33.8. The van der Waals surface area contributed by atoms with E-state index in [9.17, 15) is 30.0 Å². The Morgan fingerprint density at radius 2 is 1.00 bits per heavy atom. The molecule has 0 aromatic heterocycles. The highest BCUT2D eigenvalue weighted by atomic mass is 16.7. The molecular formula is C43H80O10. The number of esters is 2. The summed E-state index contributed by atoms with van der Waals surface area (Å²) in [7, 11) is 0. The number of aliphatic hydroxyl groups excluding tert-OH is 4. The maximum absolute atomic E-state index is 12.7. The molecule has 1 heterocycles. The number of carbonyl (C=O) groups excluding carboxylic acids is 2. The lowest BCUT2D eigenvalue weighted by Gasteiger charge is -2.39. The molecular weight excluding hydrogens is 676 g/mol. The Hall–Kier alpha value is -1.56. The molecule has 53 heavy (non-hydrogen) atoms. The van der Waals surface area contributed by atoms with E-state index in [2.05, 4.69) is 26.0 Å². The summed E-state index contributed by atoms with van der Waals surface area (Å²) in [5.74, 6) is -0.809. The van der Waals surface area contributed by atoms with Crippen LogP contribution in [-0.2, 0) is 28.5 Å².